The molecule has 0 bridgehead atoms. The van der Waals surface area contributed by atoms with Crippen LogP contribution in [0.25, 0.3) is 0 Å². The lowest BCUT2D eigenvalue weighted by Gasteiger charge is -2.21. The molecule has 1 aromatic carbocycles. The Morgan fingerprint density at radius 3 is 2.52 bits per heavy atom. The van der Waals surface area contributed by atoms with Crippen LogP contribution in [-0.4, -0.2) is 49.1 Å². The molecule has 0 saturated carbocycles. The molecule has 0 N–H and O–H groups in total. The van der Waals surface area contributed by atoms with Gasteiger partial charge in [-0.2, -0.15) is 0 Å². The second kappa shape index (κ2) is 8.56. The van der Waals surface area contributed by atoms with Gasteiger partial charge in [-0.3, -0.25) is 9.80 Å². The number of nitrogens with zero attached hydrogens (tertiary/aromatic N) is 2. The molecule has 1 saturated heterocycles. The molecule has 3 rings (SSSR count). The number of rotatable bonds is 5. The van der Waals surface area contributed by atoms with Crippen molar-refractivity contribution in [3.63, 3.8) is 0 Å². The standard InChI is InChI=1S/C19H23FN2O2S/c1-24-19(23)18-11-16(14-25-18)13-22-7-3-6-21(8-9-22)12-15-4-2-5-17(20)10-15/h2,4-5,10-11,14H,3,6-9,12-13H2,1H3. The number of esters is 1. The Bertz CT molecular complexity index is 719. The monoisotopic (exact) mass is 362 g/mol. The van der Waals surface area contributed by atoms with E-state index in [0.29, 0.717) is 4.88 Å². The van der Waals surface area contributed by atoms with E-state index >= 15 is 0 Å². The predicted molar refractivity (Wildman–Crippen MR) is 97.2 cm³/mol. The van der Waals surface area contributed by atoms with Crippen molar-refractivity contribution in [3.05, 3.63) is 57.5 Å². The zero-order chi connectivity index (χ0) is 17.6. The van der Waals surface area contributed by atoms with Crippen LogP contribution in [0.15, 0.2) is 35.7 Å². The van der Waals surface area contributed by atoms with Crippen molar-refractivity contribution in [2.75, 3.05) is 33.3 Å². The minimum absolute atomic E-state index is 0.173. The van der Waals surface area contributed by atoms with Crippen LogP contribution in [0, 0.1) is 5.82 Å². The number of ether oxygens (including phenoxy) is 1. The van der Waals surface area contributed by atoms with Crippen molar-refractivity contribution < 1.29 is 13.9 Å². The molecule has 134 valence electrons. The number of carbonyl (C=O) groups is 1. The van der Waals surface area contributed by atoms with Crippen molar-refractivity contribution in [1.82, 2.24) is 9.80 Å². The predicted octanol–water partition coefficient (Wildman–Crippen LogP) is 3.38. The molecule has 1 aliphatic rings. The Balaban J connectivity index is 1.53. The number of hydrogen-bond donors (Lipinski definition) is 0. The van der Waals surface area contributed by atoms with Gasteiger partial charge in [0.05, 0.1) is 7.11 Å². The van der Waals surface area contributed by atoms with E-state index in [1.165, 1.54) is 24.5 Å². The quantitative estimate of drug-likeness (QED) is 0.764. The molecule has 0 amide bonds. The van der Waals surface area contributed by atoms with Crippen LogP contribution in [-0.2, 0) is 17.8 Å². The second-order valence-electron chi connectivity index (χ2n) is 6.35. The summed E-state index contributed by atoms with van der Waals surface area (Å²) < 4.78 is 18.1. The summed E-state index contributed by atoms with van der Waals surface area (Å²) in [6.07, 6.45) is 1.09. The Morgan fingerprint density at radius 2 is 1.84 bits per heavy atom. The van der Waals surface area contributed by atoms with Gasteiger partial charge in [0.15, 0.2) is 0 Å². The summed E-state index contributed by atoms with van der Waals surface area (Å²) in [7, 11) is 1.41. The third-order valence-electron chi connectivity index (χ3n) is 4.42. The lowest BCUT2D eigenvalue weighted by molar-refractivity contribution is 0.0606. The number of halogens is 1. The molecule has 0 spiro atoms. The summed E-state index contributed by atoms with van der Waals surface area (Å²) in [4.78, 5) is 17.0. The van der Waals surface area contributed by atoms with Gasteiger partial charge in [0.1, 0.15) is 10.7 Å². The van der Waals surface area contributed by atoms with E-state index < -0.39 is 0 Å². The van der Waals surface area contributed by atoms with E-state index in [-0.39, 0.29) is 11.8 Å². The lowest BCUT2D eigenvalue weighted by Crippen LogP contribution is -2.30. The number of methoxy groups -OCH3 is 1. The number of carbonyl (C=O) groups excluding carboxylic acids is 1. The topological polar surface area (TPSA) is 32.8 Å². The van der Waals surface area contributed by atoms with Crippen LogP contribution in [0.1, 0.15) is 27.2 Å². The van der Waals surface area contributed by atoms with Crippen molar-refractivity contribution >= 4 is 17.3 Å². The van der Waals surface area contributed by atoms with Gasteiger partial charge in [-0.15, -0.1) is 11.3 Å². The van der Waals surface area contributed by atoms with E-state index in [2.05, 4.69) is 9.80 Å². The Labute approximate surface area is 151 Å². The number of benzene rings is 1. The van der Waals surface area contributed by atoms with Crippen molar-refractivity contribution in [1.29, 1.82) is 0 Å². The molecule has 6 heteroatoms. The van der Waals surface area contributed by atoms with E-state index in [4.69, 9.17) is 4.74 Å². The minimum Gasteiger partial charge on any atom is -0.465 e. The van der Waals surface area contributed by atoms with Gasteiger partial charge >= 0.3 is 5.97 Å². The SMILES string of the molecule is COC(=O)c1cc(CN2CCCN(Cc3cccc(F)c3)CC2)cs1. The molecule has 1 aliphatic heterocycles. The fraction of sp³-hybridized carbons (Fsp3) is 0.421. The first-order valence-corrected chi connectivity index (χ1v) is 9.37. The van der Waals surface area contributed by atoms with Crippen LogP contribution >= 0.6 is 11.3 Å². The van der Waals surface area contributed by atoms with Crippen LogP contribution in [0.4, 0.5) is 4.39 Å². The molecule has 1 aromatic heterocycles. The molecular formula is C19H23FN2O2S. The van der Waals surface area contributed by atoms with Crippen LogP contribution < -0.4 is 0 Å². The van der Waals surface area contributed by atoms with Gasteiger partial charge in [0.25, 0.3) is 0 Å². The van der Waals surface area contributed by atoms with Gasteiger partial charge in [0, 0.05) is 26.2 Å². The summed E-state index contributed by atoms with van der Waals surface area (Å²) in [5.41, 5.74) is 2.18. The Hall–Kier alpha value is -1.76. The molecule has 4 nitrogen and oxygen atoms in total. The molecule has 0 atom stereocenters. The first-order valence-electron chi connectivity index (χ1n) is 8.49. The molecule has 2 heterocycles. The van der Waals surface area contributed by atoms with E-state index in [0.717, 1.165) is 56.8 Å². The summed E-state index contributed by atoms with van der Waals surface area (Å²) in [6.45, 7) is 5.62. The van der Waals surface area contributed by atoms with Crippen molar-refractivity contribution in [3.8, 4) is 0 Å². The summed E-state index contributed by atoms with van der Waals surface area (Å²) in [5.74, 6) is -0.443. The molecular weight excluding hydrogens is 339 g/mol. The third-order valence-corrected chi connectivity index (χ3v) is 5.38. The molecule has 2 aromatic rings. The lowest BCUT2D eigenvalue weighted by atomic mass is 10.2. The molecule has 0 unspecified atom stereocenters. The van der Waals surface area contributed by atoms with E-state index in [1.807, 2.05) is 17.5 Å². The van der Waals surface area contributed by atoms with Crippen LogP contribution in [0.3, 0.4) is 0 Å². The molecule has 0 radical (unpaired) electrons. The first-order chi connectivity index (χ1) is 12.1. The average molecular weight is 362 g/mol. The highest BCUT2D eigenvalue weighted by Crippen LogP contribution is 2.18. The van der Waals surface area contributed by atoms with Gasteiger partial charge < -0.3 is 4.74 Å². The fourth-order valence-electron chi connectivity index (χ4n) is 3.16. The summed E-state index contributed by atoms with van der Waals surface area (Å²) in [6, 6.07) is 8.76. The highest BCUT2D eigenvalue weighted by Gasteiger charge is 2.17. The average Bonchev–Trinajstić information content (AvgIpc) is 2.96. The van der Waals surface area contributed by atoms with Gasteiger partial charge in [-0.25, -0.2) is 9.18 Å². The maximum absolute atomic E-state index is 13.3. The maximum atomic E-state index is 13.3. The van der Waals surface area contributed by atoms with Gasteiger partial charge in [-0.05, 0) is 54.2 Å². The summed E-state index contributed by atoms with van der Waals surface area (Å²) >= 11 is 1.43. The van der Waals surface area contributed by atoms with E-state index in [1.54, 1.807) is 12.1 Å². The molecule has 0 aliphatic carbocycles. The first kappa shape index (κ1) is 18.0. The van der Waals surface area contributed by atoms with Crippen LogP contribution in [0.2, 0.25) is 0 Å². The largest absolute Gasteiger partial charge is 0.465 e. The fourth-order valence-corrected chi connectivity index (χ4v) is 3.98. The Kier molecular flexibility index (Phi) is 6.18. The van der Waals surface area contributed by atoms with E-state index in [9.17, 15) is 9.18 Å². The second-order valence-corrected chi connectivity index (χ2v) is 7.26. The number of thiophene rings is 1. The normalized spacial score (nSPS) is 16.6. The minimum atomic E-state index is -0.270. The summed E-state index contributed by atoms with van der Waals surface area (Å²) in [5, 5.41) is 2.03. The van der Waals surface area contributed by atoms with Gasteiger partial charge in [-0.1, -0.05) is 12.1 Å². The zero-order valence-electron chi connectivity index (χ0n) is 14.4. The highest BCUT2D eigenvalue weighted by molar-refractivity contribution is 7.12. The van der Waals surface area contributed by atoms with Crippen molar-refractivity contribution in [2.45, 2.75) is 19.5 Å². The van der Waals surface area contributed by atoms with Crippen molar-refractivity contribution in [2.24, 2.45) is 0 Å². The maximum Gasteiger partial charge on any atom is 0.348 e. The Morgan fingerprint density at radius 1 is 1.12 bits per heavy atom. The molecule has 1 fully saturated rings. The molecule has 25 heavy (non-hydrogen) atoms. The number of hydrogen-bond acceptors (Lipinski definition) is 5. The zero-order valence-corrected chi connectivity index (χ0v) is 15.2. The van der Waals surface area contributed by atoms with Gasteiger partial charge in [0.2, 0.25) is 0 Å². The smallest absolute Gasteiger partial charge is 0.348 e. The highest BCUT2D eigenvalue weighted by atomic mass is 32.1. The van der Waals surface area contributed by atoms with Crippen LogP contribution in [0.5, 0.6) is 0 Å². The third kappa shape index (κ3) is 5.11.